The lowest BCUT2D eigenvalue weighted by atomic mass is 10.1. The summed E-state index contributed by atoms with van der Waals surface area (Å²) in [5.74, 6) is 1.26. The quantitative estimate of drug-likeness (QED) is 0.578. The predicted octanol–water partition coefficient (Wildman–Crippen LogP) is 5.06. The normalized spacial score (nSPS) is 11.0. The molecule has 0 aliphatic rings. The number of nitrogens with zero attached hydrogens (tertiary/aromatic N) is 2. The maximum atomic E-state index is 12.3. The molecule has 1 heterocycles. The van der Waals surface area contributed by atoms with E-state index in [1.807, 2.05) is 41.5 Å². The fourth-order valence-corrected chi connectivity index (χ4v) is 3.76. The number of benzene rings is 2. The second-order valence-electron chi connectivity index (χ2n) is 7.11. The SMILES string of the molecule is CCNC(=O)N(Cc1csc(COc2cccc3ccccc23)n1)CC(C)C. The summed E-state index contributed by atoms with van der Waals surface area (Å²) < 4.78 is 6.03. The van der Waals surface area contributed by atoms with Crippen LogP contribution in [0.3, 0.4) is 0 Å². The molecular weight excluding hydrogens is 370 g/mol. The van der Waals surface area contributed by atoms with Gasteiger partial charge in [-0.2, -0.15) is 0 Å². The number of ether oxygens (including phenoxy) is 1. The highest BCUT2D eigenvalue weighted by Crippen LogP contribution is 2.26. The van der Waals surface area contributed by atoms with E-state index < -0.39 is 0 Å². The molecule has 3 aromatic rings. The van der Waals surface area contributed by atoms with E-state index in [2.05, 4.69) is 42.3 Å². The second kappa shape index (κ2) is 9.55. The van der Waals surface area contributed by atoms with Crippen LogP contribution >= 0.6 is 11.3 Å². The van der Waals surface area contributed by atoms with Crippen LogP contribution in [-0.2, 0) is 13.2 Å². The molecule has 0 saturated heterocycles. The highest BCUT2D eigenvalue weighted by Gasteiger charge is 2.16. The first-order valence-corrected chi connectivity index (χ1v) is 10.5. The number of hydrogen-bond acceptors (Lipinski definition) is 4. The number of nitrogens with one attached hydrogen (secondary N) is 1. The fourth-order valence-electron chi connectivity index (χ4n) is 3.07. The van der Waals surface area contributed by atoms with E-state index >= 15 is 0 Å². The zero-order chi connectivity index (χ0) is 19.9. The third-order valence-corrected chi connectivity index (χ3v) is 5.12. The molecule has 28 heavy (non-hydrogen) atoms. The molecule has 0 atom stereocenters. The largest absolute Gasteiger partial charge is 0.486 e. The number of carbonyl (C=O) groups is 1. The summed E-state index contributed by atoms with van der Waals surface area (Å²) in [6, 6.07) is 14.2. The van der Waals surface area contributed by atoms with Crippen molar-refractivity contribution in [3.8, 4) is 5.75 Å². The van der Waals surface area contributed by atoms with Crippen LogP contribution in [0.2, 0.25) is 0 Å². The molecule has 0 radical (unpaired) electrons. The van der Waals surface area contributed by atoms with Gasteiger partial charge in [0.25, 0.3) is 0 Å². The minimum atomic E-state index is -0.0437. The van der Waals surface area contributed by atoms with Gasteiger partial charge in [-0.1, -0.05) is 50.2 Å². The van der Waals surface area contributed by atoms with Gasteiger partial charge in [0.05, 0.1) is 12.2 Å². The molecule has 3 rings (SSSR count). The Labute approximate surface area is 170 Å². The summed E-state index contributed by atoms with van der Waals surface area (Å²) >= 11 is 1.57. The Hall–Kier alpha value is -2.60. The number of hydrogen-bond donors (Lipinski definition) is 1. The summed E-state index contributed by atoms with van der Waals surface area (Å²) in [6.45, 7) is 8.39. The average Bonchev–Trinajstić information content (AvgIpc) is 3.13. The van der Waals surface area contributed by atoms with Crippen LogP contribution in [-0.4, -0.2) is 29.0 Å². The van der Waals surface area contributed by atoms with Crippen molar-refractivity contribution >= 4 is 28.1 Å². The molecule has 0 aliphatic heterocycles. The Morgan fingerprint density at radius 2 is 2.00 bits per heavy atom. The van der Waals surface area contributed by atoms with Gasteiger partial charge >= 0.3 is 6.03 Å². The third kappa shape index (κ3) is 5.23. The van der Waals surface area contributed by atoms with Crippen molar-refractivity contribution in [3.63, 3.8) is 0 Å². The zero-order valence-electron chi connectivity index (χ0n) is 16.6. The summed E-state index contributed by atoms with van der Waals surface area (Å²) in [4.78, 5) is 18.8. The van der Waals surface area contributed by atoms with Crippen LogP contribution < -0.4 is 10.1 Å². The van der Waals surface area contributed by atoms with Gasteiger partial charge in [0, 0.05) is 23.9 Å². The Morgan fingerprint density at radius 3 is 2.79 bits per heavy atom. The first kappa shape index (κ1) is 20.1. The van der Waals surface area contributed by atoms with Crippen molar-refractivity contribution in [1.29, 1.82) is 0 Å². The van der Waals surface area contributed by atoms with E-state index in [-0.39, 0.29) is 6.03 Å². The minimum absolute atomic E-state index is 0.0437. The number of rotatable bonds is 8. The Bertz CT molecular complexity index is 918. The first-order valence-electron chi connectivity index (χ1n) is 9.63. The molecule has 0 fully saturated rings. The van der Waals surface area contributed by atoms with Crippen molar-refractivity contribution < 1.29 is 9.53 Å². The van der Waals surface area contributed by atoms with E-state index in [0.29, 0.717) is 32.2 Å². The number of carbonyl (C=O) groups excluding carboxylic acids is 1. The van der Waals surface area contributed by atoms with Crippen molar-refractivity contribution in [2.45, 2.75) is 33.9 Å². The molecule has 0 saturated carbocycles. The second-order valence-corrected chi connectivity index (χ2v) is 8.05. The first-order chi connectivity index (χ1) is 13.6. The molecule has 0 unspecified atom stereocenters. The van der Waals surface area contributed by atoms with Crippen molar-refractivity contribution in [3.05, 3.63) is 58.5 Å². The molecule has 148 valence electrons. The summed E-state index contributed by atoms with van der Waals surface area (Å²) in [5, 5.41) is 8.05. The highest BCUT2D eigenvalue weighted by atomic mass is 32.1. The van der Waals surface area contributed by atoms with Gasteiger partial charge in [-0.3, -0.25) is 0 Å². The maximum absolute atomic E-state index is 12.3. The lowest BCUT2D eigenvalue weighted by Gasteiger charge is -2.23. The summed E-state index contributed by atoms with van der Waals surface area (Å²) in [5.41, 5.74) is 0.897. The minimum Gasteiger partial charge on any atom is -0.486 e. The van der Waals surface area contributed by atoms with Gasteiger partial charge in [0.15, 0.2) is 0 Å². The predicted molar refractivity (Wildman–Crippen MR) is 115 cm³/mol. The van der Waals surface area contributed by atoms with Gasteiger partial charge in [-0.05, 0) is 24.3 Å². The Kier molecular flexibility index (Phi) is 6.87. The number of thiazole rings is 1. The fraction of sp³-hybridized carbons (Fsp3) is 0.364. The number of aromatic nitrogens is 1. The van der Waals surface area contributed by atoms with Gasteiger partial charge in [0.1, 0.15) is 17.4 Å². The number of fused-ring (bicyclic) bond motifs is 1. The topological polar surface area (TPSA) is 54.5 Å². The van der Waals surface area contributed by atoms with E-state index in [1.165, 1.54) is 0 Å². The summed E-state index contributed by atoms with van der Waals surface area (Å²) in [7, 11) is 0. The van der Waals surface area contributed by atoms with E-state index in [1.54, 1.807) is 11.3 Å². The van der Waals surface area contributed by atoms with Gasteiger partial charge < -0.3 is 15.0 Å². The Balaban J connectivity index is 1.65. The highest BCUT2D eigenvalue weighted by molar-refractivity contribution is 7.09. The van der Waals surface area contributed by atoms with Crippen LogP contribution in [0.1, 0.15) is 31.5 Å². The molecule has 0 aliphatic carbocycles. The lowest BCUT2D eigenvalue weighted by molar-refractivity contribution is 0.187. The van der Waals surface area contributed by atoms with E-state index in [0.717, 1.165) is 27.2 Å². The van der Waals surface area contributed by atoms with Crippen molar-refractivity contribution in [1.82, 2.24) is 15.2 Å². The summed E-state index contributed by atoms with van der Waals surface area (Å²) in [6.07, 6.45) is 0. The molecule has 2 amide bonds. The Morgan fingerprint density at radius 1 is 1.21 bits per heavy atom. The number of amides is 2. The van der Waals surface area contributed by atoms with E-state index in [4.69, 9.17) is 4.74 Å². The standard InChI is InChI=1S/C22H27N3O2S/c1-4-23-22(26)25(12-16(2)3)13-18-15-28-21(24-18)14-27-20-11-7-9-17-8-5-6-10-19(17)20/h5-11,15-16H,4,12-14H2,1-3H3,(H,23,26). The molecule has 1 N–H and O–H groups in total. The van der Waals surface area contributed by atoms with Crippen LogP contribution in [0.15, 0.2) is 47.8 Å². The molecule has 0 bridgehead atoms. The van der Waals surface area contributed by atoms with Gasteiger partial charge in [-0.25, -0.2) is 9.78 Å². The third-order valence-electron chi connectivity index (χ3n) is 4.25. The van der Waals surface area contributed by atoms with Crippen LogP contribution in [0.25, 0.3) is 10.8 Å². The monoisotopic (exact) mass is 397 g/mol. The molecule has 0 spiro atoms. The van der Waals surface area contributed by atoms with Crippen LogP contribution in [0.4, 0.5) is 4.79 Å². The van der Waals surface area contributed by atoms with Crippen molar-refractivity contribution in [2.75, 3.05) is 13.1 Å². The smallest absolute Gasteiger partial charge is 0.317 e. The molecule has 1 aromatic heterocycles. The average molecular weight is 398 g/mol. The lowest BCUT2D eigenvalue weighted by Crippen LogP contribution is -2.41. The van der Waals surface area contributed by atoms with Gasteiger partial charge in [-0.15, -0.1) is 11.3 Å². The number of urea groups is 1. The molecule has 5 nitrogen and oxygen atoms in total. The van der Waals surface area contributed by atoms with Crippen molar-refractivity contribution in [2.24, 2.45) is 5.92 Å². The molecule has 6 heteroatoms. The molecular formula is C22H27N3O2S. The van der Waals surface area contributed by atoms with Crippen LogP contribution in [0, 0.1) is 5.92 Å². The van der Waals surface area contributed by atoms with Gasteiger partial charge in [0.2, 0.25) is 0 Å². The zero-order valence-corrected chi connectivity index (χ0v) is 17.5. The van der Waals surface area contributed by atoms with E-state index in [9.17, 15) is 4.79 Å². The maximum Gasteiger partial charge on any atom is 0.317 e. The molecule has 2 aromatic carbocycles. The van der Waals surface area contributed by atoms with Crippen LogP contribution in [0.5, 0.6) is 5.75 Å².